The number of rotatable bonds is 2. The molecule has 0 atom stereocenters. The molecule has 0 saturated heterocycles. The van der Waals surface area contributed by atoms with Gasteiger partial charge in [0.2, 0.25) is 0 Å². The summed E-state index contributed by atoms with van der Waals surface area (Å²) in [4.78, 5) is 0. The first-order valence-electron chi connectivity index (χ1n) is 3.72. The monoisotopic (exact) mass is 176 g/mol. The maximum atomic E-state index is 13.0. The minimum Gasteiger partial charge on any atom is -0.307 e. The van der Waals surface area contributed by atoms with Crippen molar-refractivity contribution in [2.75, 3.05) is 6.61 Å². The van der Waals surface area contributed by atoms with E-state index in [0.717, 1.165) is 0 Å². The van der Waals surface area contributed by atoms with E-state index in [1.807, 2.05) is 0 Å². The molecule has 0 rings (SSSR count). The first-order valence-corrected chi connectivity index (χ1v) is 3.72. The maximum Gasteiger partial charge on any atom is 0.361 e. The summed E-state index contributed by atoms with van der Waals surface area (Å²) in [6, 6.07) is 0. The molecule has 70 valence electrons. The third kappa shape index (κ3) is 3.19. The standard InChI is InChI=1S/C9H14F2O/c1-5-6-7-12-9(10,11)8(2,3)4/h7H2,1-4H3. The second kappa shape index (κ2) is 3.86. The highest BCUT2D eigenvalue weighted by Gasteiger charge is 2.44. The quantitative estimate of drug-likeness (QED) is 0.588. The smallest absolute Gasteiger partial charge is 0.307 e. The highest BCUT2D eigenvalue weighted by Crippen LogP contribution is 2.36. The average molecular weight is 176 g/mol. The largest absolute Gasteiger partial charge is 0.361 e. The van der Waals surface area contributed by atoms with E-state index in [4.69, 9.17) is 0 Å². The molecule has 0 saturated carbocycles. The van der Waals surface area contributed by atoms with Crippen LogP contribution in [0.2, 0.25) is 0 Å². The van der Waals surface area contributed by atoms with Gasteiger partial charge in [-0.3, -0.25) is 0 Å². The van der Waals surface area contributed by atoms with Gasteiger partial charge in [-0.25, -0.2) is 0 Å². The molecule has 0 amide bonds. The zero-order chi connectivity index (χ0) is 9.83. The molecule has 0 radical (unpaired) electrons. The normalized spacial score (nSPS) is 12.2. The number of hydrogen-bond donors (Lipinski definition) is 0. The molecule has 0 spiro atoms. The van der Waals surface area contributed by atoms with Gasteiger partial charge in [0.25, 0.3) is 0 Å². The van der Waals surface area contributed by atoms with Crippen molar-refractivity contribution >= 4 is 0 Å². The van der Waals surface area contributed by atoms with E-state index in [2.05, 4.69) is 16.6 Å². The molecule has 3 heteroatoms. The summed E-state index contributed by atoms with van der Waals surface area (Å²) < 4.78 is 30.3. The Morgan fingerprint density at radius 3 is 2.08 bits per heavy atom. The third-order valence-electron chi connectivity index (χ3n) is 1.38. The van der Waals surface area contributed by atoms with Crippen LogP contribution in [-0.2, 0) is 4.74 Å². The van der Waals surface area contributed by atoms with Gasteiger partial charge >= 0.3 is 6.11 Å². The first-order chi connectivity index (χ1) is 5.31. The van der Waals surface area contributed by atoms with Gasteiger partial charge in [0.1, 0.15) is 6.61 Å². The van der Waals surface area contributed by atoms with Crippen molar-refractivity contribution in [1.29, 1.82) is 0 Å². The van der Waals surface area contributed by atoms with E-state index >= 15 is 0 Å². The Bertz CT molecular complexity index is 193. The van der Waals surface area contributed by atoms with Gasteiger partial charge in [0.15, 0.2) is 0 Å². The van der Waals surface area contributed by atoms with Crippen LogP contribution in [0.5, 0.6) is 0 Å². The summed E-state index contributed by atoms with van der Waals surface area (Å²) in [6.45, 7) is 5.63. The van der Waals surface area contributed by atoms with Crippen molar-refractivity contribution in [1.82, 2.24) is 0 Å². The fourth-order valence-electron chi connectivity index (χ4n) is 0.415. The van der Waals surface area contributed by atoms with Crippen molar-refractivity contribution in [3.8, 4) is 11.8 Å². The SMILES string of the molecule is CC#CCOC(F)(F)C(C)(C)C. The van der Waals surface area contributed by atoms with E-state index in [1.54, 1.807) is 6.92 Å². The van der Waals surface area contributed by atoms with Crippen LogP contribution in [0.15, 0.2) is 0 Å². The summed E-state index contributed by atoms with van der Waals surface area (Å²) in [5, 5.41) is 0. The van der Waals surface area contributed by atoms with Gasteiger partial charge < -0.3 is 4.74 Å². The van der Waals surface area contributed by atoms with Crippen LogP contribution in [0.25, 0.3) is 0 Å². The van der Waals surface area contributed by atoms with Crippen molar-refractivity contribution in [3.63, 3.8) is 0 Å². The van der Waals surface area contributed by atoms with Crippen LogP contribution in [0, 0.1) is 17.3 Å². The van der Waals surface area contributed by atoms with E-state index in [-0.39, 0.29) is 6.61 Å². The van der Waals surface area contributed by atoms with Crippen LogP contribution in [-0.4, -0.2) is 12.7 Å². The average Bonchev–Trinajstić information content (AvgIpc) is 1.85. The van der Waals surface area contributed by atoms with Gasteiger partial charge in [-0.1, -0.05) is 26.7 Å². The highest BCUT2D eigenvalue weighted by atomic mass is 19.3. The van der Waals surface area contributed by atoms with Crippen LogP contribution in [0.3, 0.4) is 0 Å². The lowest BCUT2D eigenvalue weighted by Gasteiger charge is -2.28. The first kappa shape index (κ1) is 11.4. The Labute approximate surface area is 72.1 Å². The summed E-state index contributed by atoms with van der Waals surface area (Å²) in [5.74, 6) is 4.91. The molecule has 0 aromatic carbocycles. The lowest BCUT2D eigenvalue weighted by Crippen LogP contribution is -2.36. The zero-order valence-corrected chi connectivity index (χ0v) is 7.87. The fourth-order valence-corrected chi connectivity index (χ4v) is 0.415. The molecule has 0 N–H and O–H groups in total. The molecule has 0 aliphatic carbocycles. The molecule has 0 bridgehead atoms. The number of ether oxygens (including phenoxy) is 1. The van der Waals surface area contributed by atoms with E-state index in [0.29, 0.717) is 0 Å². The summed E-state index contributed by atoms with van der Waals surface area (Å²) in [6.07, 6.45) is -3.11. The van der Waals surface area contributed by atoms with E-state index in [1.165, 1.54) is 20.8 Å². The highest BCUT2D eigenvalue weighted by molar-refractivity contribution is 4.95. The molecule has 1 nitrogen and oxygen atoms in total. The predicted octanol–water partition coefficient (Wildman–Crippen LogP) is 2.67. The van der Waals surface area contributed by atoms with Crippen molar-refractivity contribution in [2.24, 2.45) is 5.41 Å². The van der Waals surface area contributed by atoms with Crippen molar-refractivity contribution < 1.29 is 13.5 Å². The molecule has 0 aliphatic heterocycles. The topological polar surface area (TPSA) is 9.23 Å². The van der Waals surface area contributed by atoms with Crippen LogP contribution in [0.4, 0.5) is 8.78 Å². The Balaban J connectivity index is 4.11. The van der Waals surface area contributed by atoms with Gasteiger partial charge in [-0.05, 0) is 6.92 Å². The lowest BCUT2D eigenvalue weighted by atomic mass is 9.95. The second-order valence-electron chi connectivity index (χ2n) is 3.48. The minimum absolute atomic E-state index is 0.221. The van der Waals surface area contributed by atoms with Crippen molar-refractivity contribution in [2.45, 2.75) is 33.8 Å². The molecule has 0 aromatic heterocycles. The second-order valence-corrected chi connectivity index (χ2v) is 3.48. The Kier molecular flexibility index (Phi) is 3.66. The molecule has 0 aliphatic rings. The van der Waals surface area contributed by atoms with E-state index < -0.39 is 11.5 Å². The van der Waals surface area contributed by atoms with Gasteiger partial charge in [0.05, 0.1) is 5.41 Å². The van der Waals surface area contributed by atoms with Gasteiger partial charge in [0, 0.05) is 0 Å². The molecule has 0 fully saturated rings. The molecular weight excluding hydrogens is 162 g/mol. The predicted molar refractivity (Wildman–Crippen MR) is 43.8 cm³/mol. The Hall–Kier alpha value is -0.620. The summed E-state index contributed by atoms with van der Waals surface area (Å²) in [7, 11) is 0. The molecule has 0 unspecified atom stereocenters. The zero-order valence-electron chi connectivity index (χ0n) is 7.87. The molecule has 12 heavy (non-hydrogen) atoms. The molecule has 0 aromatic rings. The summed E-state index contributed by atoms with van der Waals surface area (Å²) in [5.41, 5.74) is -1.18. The van der Waals surface area contributed by atoms with Crippen LogP contribution < -0.4 is 0 Å². The minimum atomic E-state index is -3.11. The number of hydrogen-bond acceptors (Lipinski definition) is 1. The van der Waals surface area contributed by atoms with Gasteiger partial charge in [-0.15, -0.1) is 5.92 Å². The van der Waals surface area contributed by atoms with Gasteiger partial charge in [-0.2, -0.15) is 8.78 Å². The number of halogens is 2. The maximum absolute atomic E-state index is 13.0. The molecule has 0 heterocycles. The fraction of sp³-hybridized carbons (Fsp3) is 0.778. The molecular formula is C9H14F2O. The lowest BCUT2D eigenvalue weighted by molar-refractivity contribution is -0.288. The van der Waals surface area contributed by atoms with E-state index in [9.17, 15) is 8.78 Å². The Morgan fingerprint density at radius 1 is 1.25 bits per heavy atom. The third-order valence-corrected chi connectivity index (χ3v) is 1.38. The Morgan fingerprint density at radius 2 is 1.75 bits per heavy atom. The van der Waals surface area contributed by atoms with Crippen molar-refractivity contribution in [3.05, 3.63) is 0 Å². The van der Waals surface area contributed by atoms with Crippen LogP contribution in [0.1, 0.15) is 27.7 Å². The number of alkyl halides is 2. The van der Waals surface area contributed by atoms with Crippen LogP contribution >= 0.6 is 0 Å². The summed E-state index contributed by atoms with van der Waals surface area (Å²) >= 11 is 0.